The molecule has 1 aromatic carbocycles. The highest BCUT2D eigenvalue weighted by molar-refractivity contribution is 5.24. The molecule has 0 radical (unpaired) electrons. The highest BCUT2D eigenvalue weighted by Gasteiger charge is 2.10. The molecule has 2 rings (SSSR count). The third-order valence-electron chi connectivity index (χ3n) is 3.67. The Balaban J connectivity index is 1.92. The van der Waals surface area contributed by atoms with E-state index in [4.69, 9.17) is 0 Å². The zero-order valence-electron chi connectivity index (χ0n) is 12.3. The third-order valence-corrected chi connectivity index (χ3v) is 3.67. The normalized spacial score (nSPS) is 12.6. The van der Waals surface area contributed by atoms with E-state index in [0.717, 1.165) is 18.7 Å². The van der Waals surface area contributed by atoms with E-state index in [2.05, 4.69) is 61.5 Å². The molecule has 0 aliphatic rings. The van der Waals surface area contributed by atoms with Crippen molar-refractivity contribution < 1.29 is 0 Å². The molecule has 0 aliphatic carbocycles. The molecule has 2 aromatic rings. The minimum atomic E-state index is 0.460. The fraction of sp³-hybridized carbons (Fsp3) is 0.438. The van der Waals surface area contributed by atoms with Crippen molar-refractivity contribution in [1.82, 2.24) is 15.1 Å². The van der Waals surface area contributed by atoms with Crippen LogP contribution in [0.4, 0.5) is 0 Å². The van der Waals surface area contributed by atoms with E-state index in [0.29, 0.717) is 6.04 Å². The quantitative estimate of drug-likeness (QED) is 0.892. The van der Waals surface area contributed by atoms with Gasteiger partial charge >= 0.3 is 0 Å². The molecule has 0 bridgehead atoms. The molecule has 0 spiro atoms. The highest BCUT2D eigenvalue weighted by atomic mass is 15.3. The smallest absolute Gasteiger partial charge is 0.0641 e. The van der Waals surface area contributed by atoms with Crippen LogP contribution in [0.25, 0.3) is 0 Å². The SMILES string of the molecule is Cc1nn(C)c(C)c1CNC(C)Cc1ccccc1. The monoisotopic (exact) mass is 257 g/mol. The average molecular weight is 257 g/mol. The van der Waals surface area contributed by atoms with Crippen LogP contribution in [0.15, 0.2) is 30.3 Å². The molecule has 3 heteroatoms. The van der Waals surface area contributed by atoms with Gasteiger partial charge in [-0.05, 0) is 32.8 Å². The van der Waals surface area contributed by atoms with Gasteiger partial charge in [0.05, 0.1) is 5.69 Å². The van der Waals surface area contributed by atoms with E-state index >= 15 is 0 Å². The van der Waals surface area contributed by atoms with E-state index in [1.54, 1.807) is 0 Å². The van der Waals surface area contributed by atoms with Crippen LogP contribution < -0.4 is 5.32 Å². The Morgan fingerprint density at radius 1 is 1.21 bits per heavy atom. The number of hydrogen-bond acceptors (Lipinski definition) is 2. The lowest BCUT2D eigenvalue weighted by Crippen LogP contribution is -2.28. The van der Waals surface area contributed by atoms with Crippen molar-refractivity contribution in [2.24, 2.45) is 7.05 Å². The van der Waals surface area contributed by atoms with Crippen molar-refractivity contribution in [2.75, 3.05) is 0 Å². The first-order valence-electron chi connectivity index (χ1n) is 6.84. The molecule has 1 heterocycles. The predicted molar refractivity (Wildman–Crippen MR) is 79.1 cm³/mol. The highest BCUT2D eigenvalue weighted by Crippen LogP contribution is 2.12. The van der Waals surface area contributed by atoms with Gasteiger partial charge in [0.25, 0.3) is 0 Å². The lowest BCUT2D eigenvalue weighted by molar-refractivity contribution is 0.543. The largest absolute Gasteiger partial charge is 0.310 e. The fourth-order valence-corrected chi connectivity index (χ4v) is 2.39. The van der Waals surface area contributed by atoms with Gasteiger partial charge in [0.1, 0.15) is 0 Å². The Morgan fingerprint density at radius 3 is 2.47 bits per heavy atom. The van der Waals surface area contributed by atoms with Gasteiger partial charge in [0.15, 0.2) is 0 Å². The Labute approximate surface area is 115 Å². The summed E-state index contributed by atoms with van der Waals surface area (Å²) in [5.74, 6) is 0. The molecule has 1 unspecified atom stereocenters. The number of aromatic nitrogens is 2. The molecular weight excluding hydrogens is 234 g/mol. The standard InChI is InChI=1S/C16H23N3/c1-12(10-15-8-6-5-7-9-15)17-11-16-13(2)18-19(4)14(16)3/h5-9,12,17H,10-11H2,1-4H3. The van der Waals surface area contributed by atoms with Crippen molar-refractivity contribution in [3.63, 3.8) is 0 Å². The van der Waals surface area contributed by atoms with Crippen LogP contribution in [0, 0.1) is 13.8 Å². The summed E-state index contributed by atoms with van der Waals surface area (Å²) in [7, 11) is 2.00. The first-order chi connectivity index (χ1) is 9.08. The summed E-state index contributed by atoms with van der Waals surface area (Å²) in [6.07, 6.45) is 1.05. The molecule has 0 aliphatic heterocycles. The van der Waals surface area contributed by atoms with Gasteiger partial charge in [-0.15, -0.1) is 0 Å². The maximum absolute atomic E-state index is 4.45. The van der Waals surface area contributed by atoms with E-state index in [-0.39, 0.29) is 0 Å². The summed E-state index contributed by atoms with van der Waals surface area (Å²) < 4.78 is 1.95. The Bertz CT molecular complexity index is 528. The van der Waals surface area contributed by atoms with Gasteiger partial charge < -0.3 is 5.32 Å². The summed E-state index contributed by atoms with van der Waals surface area (Å²) in [6.45, 7) is 7.32. The summed E-state index contributed by atoms with van der Waals surface area (Å²) in [5, 5.41) is 8.04. The molecule has 1 aromatic heterocycles. The zero-order chi connectivity index (χ0) is 13.8. The summed E-state index contributed by atoms with van der Waals surface area (Å²) >= 11 is 0. The Morgan fingerprint density at radius 2 is 1.89 bits per heavy atom. The third kappa shape index (κ3) is 3.44. The van der Waals surface area contributed by atoms with Gasteiger partial charge in [-0.2, -0.15) is 5.10 Å². The molecule has 0 saturated heterocycles. The number of aryl methyl sites for hydroxylation is 2. The van der Waals surface area contributed by atoms with Gasteiger partial charge in [-0.1, -0.05) is 30.3 Å². The van der Waals surface area contributed by atoms with Crippen molar-refractivity contribution >= 4 is 0 Å². The summed E-state index contributed by atoms with van der Waals surface area (Å²) in [5.41, 5.74) is 5.07. The Kier molecular flexibility index (Phi) is 4.38. The van der Waals surface area contributed by atoms with E-state index < -0.39 is 0 Å². The minimum absolute atomic E-state index is 0.460. The number of hydrogen-bond donors (Lipinski definition) is 1. The predicted octanol–water partition coefficient (Wildman–Crippen LogP) is 2.76. The second-order valence-electron chi connectivity index (χ2n) is 5.24. The number of rotatable bonds is 5. The molecule has 0 saturated carbocycles. The molecule has 0 fully saturated rings. The lowest BCUT2D eigenvalue weighted by atomic mass is 10.1. The number of nitrogens with zero attached hydrogens (tertiary/aromatic N) is 2. The van der Waals surface area contributed by atoms with Gasteiger partial charge in [0, 0.05) is 30.9 Å². The van der Waals surface area contributed by atoms with Gasteiger partial charge in [-0.25, -0.2) is 0 Å². The molecule has 19 heavy (non-hydrogen) atoms. The molecule has 1 N–H and O–H groups in total. The molecular formula is C16H23N3. The molecule has 102 valence electrons. The van der Waals surface area contributed by atoms with Crippen LogP contribution in [-0.2, 0) is 20.0 Å². The topological polar surface area (TPSA) is 29.9 Å². The van der Waals surface area contributed by atoms with Crippen molar-refractivity contribution in [3.8, 4) is 0 Å². The van der Waals surface area contributed by atoms with Crippen molar-refractivity contribution in [3.05, 3.63) is 52.8 Å². The second-order valence-corrected chi connectivity index (χ2v) is 5.24. The van der Waals surface area contributed by atoms with Gasteiger partial charge in [-0.3, -0.25) is 4.68 Å². The van der Waals surface area contributed by atoms with Crippen molar-refractivity contribution in [2.45, 2.75) is 39.8 Å². The minimum Gasteiger partial charge on any atom is -0.310 e. The maximum Gasteiger partial charge on any atom is 0.0641 e. The fourth-order valence-electron chi connectivity index (χ4n) is 2.39. The van der Waals surface area contributed by atoms with Crippen LogP contribution in [0.3, 0.4) is 0 Å². The first-order valence-corrected chi connectivity index (χ1v) is 6.84. The van der Waals surface area contributed by atoms with Crippen LogP contribution >= 0.6 is 0 Å². The molecule has 3 nitrogen and oxygen atoms in total. The first kappa shape index (κ1) is 13.8. The lowest BCUT2D eigenvalue weighted by Gasteiger charge is -2.14. The van der Waals surface area contributed by atoms with Crippen LogP contribution in [0.5, 0.6) is 0 Å². The second kappa shape index (κ2) is 6.02. The van der Waals surface area contributed by atoms with Crippen molar-refractivity contribution in [1.29, 1.82) is 0 Å². The summed E-state index contributed by atoms with van der Waals surface area (Å²) in [4.78, 5) is 0. The number of nitrogens with one attached hydrogen (secondary N) is 1. The maximum atomic E-state index is 4.45. The van der Waals surface area contributed by atoms with Crippen LogP contribution in [-0.4, -0.2) is 15.8 Å². The van der Waals surface area contributed by atoms with Crippen LogP contribution in [0.1, 0.15) is 29.4 Å². The van der Waals surface area contributed by atoms with Crippen LogP contribution in [0.2, 0.25) is 0 Å². The van der Waals surface area contributed by atoms with E-state index in [1.807, 2.05) is 11.7 Å². The van der Waals surface area contributed by atoms with Gasteiger partial charge in [0.2, 0.25) is 0 Å². The Hall–Kier alpha value is -1.61. The zero-order valence-corrected chi connectivity index (χ0v) is 12.3. The van der Waals surface area contributed by atoms with E-state index in [1.165, 1.54) is 16.8 Å². The molecule has 1 atom stereocenters. The average Bonchev–Trinajstić information content (AvgIpc) is 2.62. The molecule has 0 amide bonds. The van der Waals surface area contributed by atoms with E-state index in [9.17, 15) is 0 Å². The summed E-state index contributed by atoms with van der Waals surface area (Å²) in [6, 6.07) is 11.1. The number of benzene rings is 1.